The summed E-state index contributed by atoms with van der Waals surface area (Å²) in [6.45, 7) is 5.67. The van der Waals surface area contributed by atoms with Gasteiger partial charge in [0.25, 0.3) is 0 Å². The Bertz CT molecular complexity index is 1120. The van der Waals surface area contributed by atoms with Gasteiger partial charge in [0.05, 0.1) is 12.6 Å². The molecule has 3 aromatic rings. The maximum absolute atomic E-state index is 13.5. The molecule has 0 spiro atoms. The van der Waals surface area contributed by atoms with E-state index in [-0.39, 0.29) is 44.1 Å². The molecular weight excluding hydrogens is 479 g/mol. The zero-order chi connectivity index (χ0) is 25.3. The molecule has 2 aromatic carbocycles. The van der Waals surface area contributed by atoms with Crippen LogP contribution in [0.3, 0.4) is 0 Å². The monoisotopic (exact) mass is 510 g/mol. The number of carbonyl (C=O) groups excluding carboxylic acids is 1. The van der Waals surface area contributed by atoms with Crippen molar-refractivity contribution in [2.45, 2.75) is 18.6 Å². The third kappa shape index (κ3) is 6.94. The first-order valence-corrected chi connectivity index (χ1v) is 12.8. The average Bonchev–Trinajstić information content (AvgIpc) is 3.37. The molecule has 0 saturated carbocycles. The van der Waals surface area contributed by atoms with E-state index in [1.54, 1.807) is 29.5 Å². The number of aliphatic hydroxyl groups is 1. The lowest BCUT2D eigenvalue weighted by atomic mass is 10.0. The Balaban J connectivity index is 1.39. The highest BCUT2D eigenvalue weighted by atomic mass is 32.1. The summed E-state index contributed by atoms with van der Waals surface area (Å²) in [5.74, 6) is 0.876. The lowest BCUT2D eigenvalue weighted by molar-refractivity contribution is -0.136. The minimum atomic E-state index is -0.764. The van der Waals surface area contributed by atoms with Gasteiger partial charge in [-0.25, -0.2) is 4.39 Å². The SMILES string of the molecule is C=CCN(CC(=O)N1CCc2sccc2C1COc1ccc(F)cc1)CC(O)COc1ccccc1. The minimum Gasteiger partial charge on any atom is -0.491 e. The normalized spacial score (nSPS) is 15.9. The fourth-order valence-electron chi connectivity index (χ4n) is 4.31. The van der Waals surface area contributed by atoms with E-state index >= 15 is 0 Å². The van der Waals surface area contributed by atoms with Gasteiger partial charge < -0.3 is 19.5 Å². The Hall–Kier alpha value is -3.20. The molecule has 0 aliphatic carbocycles. The van der Waals surface area contributed by atoms with Crippen LogP contribution in [0.15, 0.2) is 78.7 Å². The van der Waals surface area contributed by atoms with E-state index in [9.17, 15) is 14.3 Å². The van der Waals surface area contributed by atoms with E-state index in [4.69, 9.17) is 9.47 Å². The number of thiophene rings is 1. The molecule has 2 atom stereocenters. The van der Waals surface area contributed by atoms with Crippen molar-refractivity contribution in [1.29, 1.82) is 0 Å². The number of halogens is 1. The second-order valence-corrected chi connectivity index (χ2v) is 9.68. The number of fused-ring (bicyclic) bond motifs is 1. The van der Waals surface area contributed by atoms with Crippen LogP contribution in [0, 0.1) is 5.82 Å². The average molecular weight is 511 g/mol. The smallest absolute Gasteiger partial charge is 0.237 e. The number of carbonyl (C=O) groups is 1. The topological polar surface area (TPSA) is 62.2 Å². The summed E-state index contributed by atoms with van der Waals surface area (Å²) >= 11 is 1.69. The molecule has 190 valence electrons. The van der Waals surface area contributed by atoms with Crippen molar-refractivity contribution in [1.82, 2.24) is 9.80 Å². The number of hydrogen-bond acceptors (Lipinski definition) is 6. The number of nitrogens with zero attached hydrogens (tertiary/aromatic N) is 2. The van der Waals surface area contributed by atoms with Crippen LogP contribution in [0.5, 0.6) is 11.5 Å². The molecule has 1 aliphatic rings. The molecule has 0 saturated heterocycles. The van der Waals surface area contributed by atoms with E-state index in [0.29, 0.717) is 24.6 Å². The maximum atomic E-state index is 13.5. The van der Waals surface area contributed by atoms with Crippen molar-refractivity contribution in [3.8, 4) is 11.5 Å². The highest BCUT2D eigenvalue weighted by molar-refractivity contribution is 7.10. The minimum absolute atomic E-state index is 0.0439. The molecule has 2 unspecified atom stereocenters. The molecular formula is C28H31FN2O4S. The second-order valence-electron chi connectivity index (χ2n) is 8.68. The van der Waals surface area contributed by atoms with Crippen molar-refractivity contribution in [3.05, 3.63) is 95.0 Å². The number of ether oxygens (including phenoxy) is 2. The summed E-state index contributed by atoms with van der Waals surface area (Å²) < 4.78 is 24.9. The van der Waals surface area contributed by atoms with E-state index in [1.165, 1.54) is 17.0 Å². The largest absolute Gasteiger partial charge is 0.491 e. The van der Waals surface area contributed by atoms with Crippen molar-refractivity contribution in [2.24, 2.45) is 0 Å². The molecule has 1 aliphatic heterocycles. The predicted octanol–water partition coefficient (Wildman–Crippen LogP) is 4.32. The van der Waals surface area contributed by atoms with Gasteiger partial charge in [-0.1, -0.05) is 24.3 Å². The Morgan fingerprint density at radius 1 is 1.17 bits per heavy atom. The molecule has 4 rings (SSSR count). The van der Waals surface area contributed by atoms with E-state index < -0.39 is 6.10 Å². The second kappa shape index (κ2) is 12.7. The number of para-hydroxylation sites is 1. The fourth-order valence-corrected chi connectivity index (χ4v) is 5.24. The molecule has 1 aromatic heterocycles. The van der Waals surface area contributed by atoms with Crippen molar-refractivity contribution >= 4 is 17.2 Å². The number of hydrogen-bond donors (Lipinski definition) is 1. The molecule has 0 bridgehead atoms. The lowest BCUT2D eigenvalue weighted by Gasteiger charge is -2.37. The summed E-state index contributed by atoms with van der Waals surface area (Å²) in [6, 6.07) is 17.0. The Morgan fingerprint density at radius 3 is 2.67 bits per heavy atom. The zero-order valence-electron chi connectivity index (χ0n) is 20.1. The van der Waals surface area contributed by atoms with Crippen molar-refractivity contribution in [2.75, 3.05) is 39.4 Å². The van der Waals surface area contributed by atoms with Crippen LogP contribution in [0.25, 0.3) is 0 Å². The molecule has 8 heteroatoms. The van der Waals surface area contributed by atoms with Crippen molar-refractivity contribution in [3.63, 3.8) is 0 Å². The first-order valence-electron chi connectivity index (χ1n) is 12.0. The molecule has 0 radical (unpaired) electrons. The summed E-state index contributed by atoms with van der Waals surface area (Å²) in [7, 11) is 0. The molecule has 6 nitrogen and oxygen atoms in total. The molecule has 36 heavy (non-hydrogen) atoms. The van der Waals surface area contributed by atoms with E-state index in [0.717, 1.165) is 12.0 Å². The zero-order valence-corrected chi connectivity index (χ0v) is 20.9. The van der Waals surface area contributed by atoms with Crippen LogP contribution in [-0.4, -0.2) is 66.3 Å². The summed E-state index contributed by atoms with van der Waals surface area (Å²) in [6.07, 6.45) is 1.75. The first kappa shape index (κ1) is 25.9. The van der Waals surface area contributed by atoms with Gasteiger partial charge in [0, 0.05) is 24.5 Å². The maximum Gasteiger partial charge on any atom is 0.237 e. The van der Waals surface area contributed by atoms with Gasteiger partial charge >= 0.3 is 0 Å². The summed E-state index contributed by atoms with van der Waals surface area (Å²) in [4.78, 5) is 18.4. The Labute approximate surface area is 215 Å². The van der Waals surface area contributed by atoms with Gasteiger partial charge in [-0.3, -0.25) is 9.69 Å². The molecule has 1 amide bonds. The van der Waals surface area contributed by atoms with Gasteiger partial charge in [0.2, 0.25) is 5.91 Å². The number of aliphatic hydroxyl groups excluding tert-OH is 1. The third-order valence-electron chi connectivity index (χ3n) is 6.04. The number of rotatable bonds is 12. The van der Waals surface area contributed by atoms with Crippen LogP contribution in [0.2, 0.25) is 0 Å². The van der Waals surface area contributed by atoms with E-state index in [2.05, 4.69) is 6.58 Å². The van der Waals surface area contributed by atoms with Gasteiger partial charge in [0.1, 0.15) is 36.6 Å². The van der Waals surface area contributed by atoms with E-state index in [1.807, 2.05) is 51.6 Å². The number of amides is 1. The molecule has 2 heterocycles. The van der Waals surface area contributed by atoms with Crippen LogP contribution >= 0.6 is 11.3 Å². The van der Waals surface area contributed by atoms with Crippen LogP contribution in [0.4, 0.5) is 4.39 Å². The quantitative estimate of drug-likeness (QED) is 0.368. The van der Waals surface area contributed by atoms with Crippen molar-refractivity contribution < 1.29 is 23.8 Å². The van der Waals surface area contributed by atoms with Gasteiger partial charge in [-0.15, -0.1) is 17.9 Å². The third-order valence-corrected chi connectivity index (χ3v) is 7.03. The predicted molar refractivity (Wildman–Crippen MR) is 139 cm³/mol. The van der Waals surface area contributed by atoms with Crippen LogP contribution in [-0.2, 0) is 11.2 Å². The highest BCUT2D eigenvalue weighted by Gasteiger charge is 2.33. The summed E-state index contributed by atoms with van der Waals surface area (Å²) in [5.41, 5.74) is 1.09. The standard InChI is InChI=1S/C28H31FN2O4S/c1-2-14-30(17-22(32)19-34-23-6-4-3-5-7-23)18-28(33)31-15-12-27-25(13-16-36-27)26(31)20-35-24-10-8-21(29)9-11-24/h2-11,13,16,22,26,32H,1,12,14-15,17-20H2. The fraction of sp³-hybridized carbons (Fsp3) is 0.321. The Kier molecular flexibility index (Phi) is 9.11. The summed E-state index contributed by atoms with van der Waals surface area (Å²) in [5, 5.41) is 12.6. The lowest BCUT2D eigenvalue weighted by Crippen LogP contribution is -2.48. The van der Waals surface area contributed by atoms with Gasteiger partial charge in [-0.2, -0.15) is 0 Å². The van der Waals surface area contributed by atoms with Crippen LogP contribution < -0.4 is 9.47 Å². The number of benzene rings is 2. The van der Waals surface area contributed by atoms with Crippen LogP contribution in [0.1, 0.15) is 16.5 Å². The Morgan fingerprint density at radius 2 is 1.92 bits per heavy atom. The molecule has 0 fully saturated rings. The highest BCUT2D eigenvalue weighted by Crippen LogP contribution is 2.34. The first-order chi connectivity index (χ1) is 17.5. The van der Waals surface area contributed by atoms with Gasteiger partial charge in [-0.05, 0) is 59.8 Å². The van der Waals surface area contributed by atoms with Gasteiger partial charge in [0.15, 0.2) is 0 Å². The molecule has 1 N–H and O–H groups in total.